The standard InChI is InChI=1S/C30H33F2N9O2/c1-3-18-12-34-30(35-13-18)39-10-8-23(17(2)14-39)41-15-21(32)25-27(36-16-37-28(25)41)38-22-7-6-19(11-20(22)31)29(43)40-9-4-5-24(40)26(33)42/h6-7,11-13,15-17,23-24H,3-5,8-10,14H2,1-2H3,(H2,33,42)(H,36,37,38)/t17-,23+,24+/m1/s1. The molecule has 3 aromatic heterocycles. The van der Waals surface area contributed by atoms with Crippen molar-refractivity contribution < 1.29 is 18.4 Å². The summed E-state index contributed by atoms with van der Waals surface area (Å²) in [6, 6.07) is 3.21. The van der Waals surface area contributed by atoms with Crippen LogP contribution in [-0.4, -0.2) is 66.9 Å². The van der Waals surface area contributed by atoms with Crippen LogP contribution in [0.25, 0.3) is 11.0 Å². The van der Waals surface area contributed by atoms with E-state index in [0.717, 1.165) is 24.5 Å². The van der Waals surface area contributed by atoms with Crippen molar-refractivity contribution in [2.75, 3.05) is 29.9 Å². The molecule has 2 saturated heterocycles. The summed E-state index contributed by atoms with van der Waals surface area (Å²) < 4.78 is 32.5. The van der Waals surface area contributed by atoms with Crippen LogP contribution in [0.15, 0.2) is 43.1 Å². The number of fused-ring (bicyclic) bond motifs is 1. The Bertz CT molecular complexity index is 1680. The molecule has 0 spiro atoms. The number of nitrogens with one attached hydrogen (secondary N) is 1. The highest BCUT2D eigenvalue weighted by molar-refractivity contribution is 5.98. The van der Waals surface area contributed by atoms with E-state index in [2.05, 4.69) is 44.0 Å². The van der Waals surface area contributed by atoms with Crippen molar-refractivity contribution >= 4 is 40.3 Å². The van der Waals surface area contributed by atoms with E-state index in [-0.39, 0.29) is 34.4 Å². The number of carbonyl (C=O) groups excluding carboxylic acids is 2. The van der Waals surface area contributed by atoms with Crippen molar-refractivity contribution in [3.05, 3.63) is 65.9 Å². The Labute approximate surface area is 247 Å². The van der Waals surface area contributed by atoms with Gasteiger partial charge in [0.2, 0.25) is 11.9 Å². The summed E-state index contributed by atoms with van der Waals surface area (Å²) in [5, 5.41) is 3.03. The van der Waals surface area contributed by atoms with Crippen molar-refractivity contribution in [3.8, 4) is 0 Å². The number of hydrogen-bond donors (Lipinski definition) is 2. The summed E-state index contributed by atoms with van der Waals surface area (Å²) in [6.45, 7) is 5.94. The Morgan fingerprint density at radius 2 is 1.86 bits per heavy atom. The maximum Gasteiger partial charge on any atom is 0.254 e. The molecular formula is C30H33F2N9O2. The van der Waals surface area contributed by atoms with Gasteiger partial charge < -0.3 is 25.4 Å². The number of hydrogen-bond acceptors (Lipinski definition) is 8. The molecule has 0 bridgehead atoms. The minimum absolute atomic E-state index is 0.0207. The SMILES string of the molecule is CCc1cnc(N2CC[C@H](n3cc(F)c4c(Nc5ccc(C(=O)N6CCC[C@H]6C(N)=O)cc5F)ncnc43)[C@H](C)C2)nc1. The number of nitrogens with two attached hydrogens (primary N) is 1. The molecule has 13 heteroatoms. The van der Waals surface area contributed by atoms with E-state index in [9.17, 15) is 9.59 Å². The minimum Gasteiger partial charge on any atom is -0.368 e. The monoisotopic (exact) mass is 589 g/mol. The van der Waals surface area contributed by atoms with Crippen LogP contribution in [0.3, 0.4) is 0 Å². The highest BCUT2D eigenvalue weighted by Crippen LogP contribution is 2.36. The molecule has 2 aliphatic rings. The second-order valence-corrected chi connectivity index (χ2v) is 11.2. The molecule has 2 aliphatic heterocycles. The number of primary amides is 1. The molecular weight excluding hydrogens is 556 g/mol. The predicted octanol–water partition coefficient (Wildman–Crippen LogP) is 3.98. The average molecular weight is 590 g/mol. The van der Waals surface area contributed by atoms with Gasteiger partial charge in [-0.15, -0.1) is 0 Å². The summed E-state index contributed by atoms with van der Waals surface area (Å²) >= 11 is 0. The molecule has 0 saturated carbocycles. The Hall–Kier alpha value is -4.68. The Morgan fingerprint density at radius 1 is 1.07 bits per heavy atom. The largest absolute Gasteiger partial charge is 0.368 e. The number of piperidine rings is 1. The smallest absolute Gasteiger partial charge is 0.254 e. The summed E-state index contributed by atoms with van der Waals surface area (Å²) in [5.74, 6) is -1.36. The highest BCUT2D eigenvalue weighted by Gasteiger charge is 2.34. The van der Waals surface area contributed by atoms with Crippen molar-refractivity contribution in [2.45, 2.75) is 51.6 Å². The molecule has 3 atom stereocenters. The zero-order valence-electron chi connectivity index (χ0n) is 24.0. The molecule has 4 aromatic rings. The van der Waals surface area contributed by atoms with Crippen molar-refractivity contribution in [1.82, 2.24) is 29.4 Å². The first-order valence-electron chi connectivity index (χ1n) is 14.5. The average Bonchev–Trinajstić information content (AvgIpc) is 3.63. The molecule has 6 rings (SSSR count). The third-order valence-electron chi connectivity index (χ3n) is 8.47. The lowest BCUT2D eigenvalue weighted by molar-refractivity contribution is -0.121. The van der Waals surface area contributed by atoms with Gasteiger partial charge in [-0.1, -0.05) is 13.8 Å². The Balaban J connectivity index is 1.21. The number of likely N-dealkylation sites (tertiary alicyclic amines) is 1. The fourth-order valence-corrected chi connectivity index (χ4v) is 6.16. The second kappa shape index (κ2) is 11.5. The third-order valence-corrected chi connectivity index (χ3v) is 8.47. The van der Waals surface area contributed by atoms with Crippen LogP contribution >= 0.6 is 0 Å². The first kappa shape index (κ1) is 28.4. The van der Waals surface area contributed by atoms with Gasteiger partial charge in [0, 0.05) is 49.8 Å². The lowest BCUT2D eigenvalue weighted by Gasteiger charge is -2.37. The van der Waals surface area contributed by atoms with Crippen LogP contribution in [0.5, 0.6) is 0 Å². The molecule has 43 heavy (non-hydrogen) atoms. The topological polar surface area (TPSA) is 135 Å². The summed E-state index contributed by atoms with van der Waals surface area (Å²) in [6.07, 6.45) is 9.17. The Kier molecular flexibility index (Phi) is 7.63. The lowest BCUT2D eigenvalue weighted by atomic mass is 9.94. The molecule has 2 fully saturated rings. The number of amides is 2. The van der Waals surface area contributed by atoms with E-state index in [1.54, 1.807) is 0 Å². The van der Waals surface area contributed by atoms with Crippen LogP contribution in [0.1, 0.15) is 55.1 Å². The van der Waals surface area contributed by atoms with Crippen LogP contribution in [0.4, 0.5) is 26.2 Å². The number of nitrogens with zero attached hydrogens (tertiary/aromatic N) is 7. The van der Waals surface area contributed by atoms with Gasteiger partial charge in [-0.2, -0.15) is 0 Å². The number of aryl methyl sites for hydroxylation is 1. The minimum atomic E-state index is -0.720. The fourth-order valence-electron chi connectivity index (χ4n) is 6.16. The molecule has 0 radical (unpaired) electrons. The number of anilines is 3. The highest BCUT2D eigenvalue weighted by atomic mass is 19.1. The van der Waals surface area contributed by atoms with E-state index in [0.29, 0.717) is 44.1 Å². The number of benzene rings is 1. The van der Waals surface area contributed by atoms with Crippen LogP contribution < -0.4 is 16.0 Å². The maximum absolute atomic E-state index is 15.5. The second-order valence-electron chi connectivity index (χ2n) is 11.2. The van der Waals surface area contributed by atoms with E-state index in [1.807, 2.05) is 17.0 Å². The van der Waals surface area contributed by atoms with E-state index in [1.165, 1.54) is 29.6 Å². The van der Waals surface area contributed by atoms with Gasteiger partial charge >= 0.3 is 0 Å². The van der Waals surface area contributed by atoms with Gasteiger partial charge in [-0.3, -0.25) is 9.59 Å². The van der Waals surface area contributed by atoms with Crippen molar-refractivity contribution in [1.29, 1.82) is 0 Å². The molecule has 11 nitrogen and oxygen atoms in total. The fraction of sp³-hybridized carbons (Fsp3) is 0.400. The van der Waals surface area contributed by atoms with Gasteiger partial charge in [0.05, 0.1) is 11.1 Å². The number of rotatable bonds is 7. The molecule has 3 N–H and O–H groups in total. The zero-order valence-corrected chi connectivity index (χ0v) is 24.0. The van der Waals surface area contributed by atoms with Gasteiger partial charge in [-0.25, -0.2) is 28.7 Å². The molecule has 1 aromatic carbocycles. The first-order valence-corrected chi connectivity index (χ1v) is 14.5. The van der Waals surface area contributed by atoms with Crippen LogP contribution in [0, 0.1) is 17.6 Å². The van der Waals surface area contributed by atoms with E-state index >= 15 is 8.78 Å². The predicted molar refractivity (Wildman–Crippen MR) is 157 cm³/mol. The molecule has 0 aliphatic carbocycles. The summed E-state index contributed by atoms with van der Waals surface area (Å²) in [4.78, 5) is 45.8. The van der Waals surface area contributed by atoms with Gasteiger partial charge in [0.25, 0.3) is 5.91 Å². The van der Waals surface area contributed by atoms with Crippen molar-refractivity contribution in [2.24, 2.45) is 11.7 Å². The molecule has 0 unspecified atom stereocenters. The zero-order chi connectivity index (χ0) is 30.2. The van der Waals surface area contributed by atoms with Gasteiger partial charge in [-0.05, 0) is 55.4 Å². The lowest BCUT2D eigenvalue weighted by Crippen LogP contribution is -2.43. The van der Waals surface area contributed by atoms with Crippen LogP contribution in [-0.2, 0) is 11.2 Å². The number of carbonyl (C=O) groups is 2. The summed E-state index contributed by atoms with van der Waals surface area (Å²) in [7, 11) is 0. The molecule has 224 valence electrons. The van der Waals surface area contributed by atoms with Crippen molar-refractivity contribution in [3.63, 3.8) is 0 Å². The summed E-state index contributed by atoms with van der Waals surface area (Å²) in [5.41, 5.74) is 7.02. The Morgan fingerprint density at radius 3 is 2.56 bits per heavy atom. The van der Waals surface area contributed by atoms with Gasteiger partial charge in [0.1, 0.15) is 29.7 Å². The molecule has 5 heterocycles. The first-order chi connectivity index (χ1) is 20.7. The van der Waals surface area contributed by atoms with Gasteiger partial charge in [0.15, 0.2) is 5.82 Å². The maximum atomic E-state index is 15.5. The van der Waals surface area contributed by atoms with E-state index < -0.39 is 29.5 Å². The number of aromatic nitrogens is 5. The van der Waals surface area contributed by atoms with E-state index in [4.69, 9.17) is 5.73 Å². The third kappa shape index (κ3) is 5.35. The number of halogens is 2. The molecule has 2 amide bonds. The quantitative estimate of drug-likeness (QED) is 0.331. The normalized spacial score (nSPS) is 20.5. The van der Waals surface area contributed by atoms with Crippen LogP contribution in [0.2, 0.25) is 0 Å².